The average Bonchev–Trinajstić information content (AvgIpc) is 2.44. The highest BCUT2D eigenvalue weighted by Crippen LogP contribution is 2.34. The number of hydrogen-bond acceptors (Lipinski definition) is 2. The number of nitriles is 1. The first kappa shape index (κ1) is 10.8. The van der Waals surface area contributed by atoms with Crippen LogP contribution in [-0.2, 0) is 0 Å². The van der Waals surface area contributed by atoms with Crippen LogP contribution < -0.4 is 0 Å². The van der Waals surface area contributed by atoms with Gasteiger partial charge >= 0.3 is 0 Å². The van der Waals surface area contributed by atoms with Gasteiger partial charge < -0.3 is 0 Å². The Morgan fingerprint density at radius 3 is 2.69 bits per heavy atom. The van der Waals surface area contributed by atoms with Crippen LogP contribution in [0.25, 0.3) is 5.03 Å². The molecule has 1 rings (SSSR count). The molecule has 4 heteroatoms. The molecule has 0 saturated carbocycles. The Morgan fingerprint density at radius 2 is 2.31 bits per heavy atom. The maximum atomic E-state index is 8.64. The topological polar surface area (TPSA) is 23.8 Å². The van der Waals surface area contributed by atoms with E-state index in [2.05, 4.69) is 15.9 Å². The van der Waals surface area contributed by atoms with Crippen LogP contribution in [0, 0.1) is 18.3 Å². The molecule has 0 atom stereocenters. The fourth-order valence-electron chi connectivity index (χ4n) is 0.802. The molecule has 1 nitrogen and oxygen atoms in total. The summed E-state index contributed by atoms with van der Waals surface area (Å²) in [5.41, 5.74) is 1.69. The molecule has 1 aromatic heterocycles. The summed E-state index contributed by atoms with van der Waals surface area (Å²) < 4.78 is 1.06. The molecule has 0 radical (unpaired) electrons. The summed E-state index contributed by atoms with van der Waals surface area (Å²) >= 11 is 10.9. The summed E-state index contributed by atoms with van der Waals surface area (Å²) in [6.07, 6.45) is 0. The number of halogens is 2. The monoisotopic (exact) mass is 275 g/mol. The molecular weight excluding hydrogens is 270 g/mol. The molecule has 68 valence electrons. The van der Waals surface area contributed by atoms with E-state index in [-0.39, 0.29) is 0 Å². The molecule has 1 aromatic rings. The average molecular weight is 277 g/mol. The minimum atomic E-state index is 0.543. The van der Waals surface area contributed by atoms with Gasteiger partial charge in [0, 0.05) is 10.5 Å². The summed E-state index contributed by atoms with van der Waals surface area (Å²) in [6.45, 7) is 3.71. The molecule has 0 aliphatic rings. The maximum Gasteiger partial charge on any atom is 0.0960 e. The van der Waals surface area contributed by atoms with E-state index in [4.69, 9.17) is 16.9 Å². The van der Waals surface area contributed by atoms with E-state index in [1.54, 1.807) is 18.3 Å². The number of rotatable bonds is 1. The molecule has 0 saturated heterocycles. The molecule has 13 heavy (non-hydrogen) atoms. The molecule has 0 bridgehead atoms. The Hall–Kier alpha value is -0.300. The Kier molecular flexibility index (Phi) is 3.55. The predicted octanol–water partition coefficient (Wildman–Crippen LogP) is 4.31. The van der Waals surface area contributed by atoms with Crippen LogP contribution in [0.4, 0.5) is 0 Å². The Bertz CT molecular complexity index is 381. The largest absolute Gasteiger partial charge is 0.193 e. The van der Waals surface area contributed by atoms with Crippen molar-refractivity contribution in [3.8, 4) is 6.07 Å². The summed E-state index contributed by atoms with van der Waals surface area (Å²) in [4.78, 5) is 0.935. The van der Waals surface area contributed by atoms with Crippen molar-refractivity contribution in [1.29, 1.82) is 5.26 Å². The summed E-state index contributed by atoms with van der Waals surface area (Å²) in [5.74, 6) is 0. The number of allylic oxidation sites excluding steroid dienone is 1. The maximum absolute atomic E-state index is 8.64. The Labute approximate surface area is 94.8 Å². The van der Waals surface area contributed by atoms with Gasteiger partial charge in [-0.3, -0.25) is 0 Å². The highest BCUT2D eigenvalue weighted by molar-refractivity contribution is 9.11. The van der Waals surface area contributed by atoms with Crippen molar-refractivity contribution in [3.63, 3.8) is 0 Å². The normalized spacial score (nSPS) is 12.2. The Balaban J connectivity index is 3.18. The lowest BCUT2D eigenvalue weighted by molar-refractivity contribution is 1.45. The van der Waals surface area contributed by atoms with Crippen LogP contribution in [0.2, 0.25) is 0 Å². The van der Waals surface area contributed by atoms with E-state index in [1.807, 2.05) is 19.1 Å². The van der Waals surface area contributed by atoms with E-state index in [0.29, 0.717) is 10.6 Å². The minimum Gasteiger partial charge on any atom is -0.193 e. The summed E-state index contributed by atoms with van der Waals surface area (Å²) in [7, 11) is 0. The van der Waals surface area contributed by atoms with Gasteiger partial charge in [-0.15, -0.1) is 11.3 Å². The van der Waals surface area contributed by atoms with Crippen LogP contribution in [0.15, 0.2) is 15.4 Å². The lowest BCUT2D eigenvalue weighted by atomic mass is 10.2. The van der Waals surface area contributed by atoms with Gasteiger partial charge in [-0.25, -0.2) is 0 Å². The van der Waals surface area contributed by atoms with Crippen LogP contribution in [0.5, 0.6) is 0 Å². The van der Waals surface area contributed by atoms with Crippen molar-refractivity contribution in [3.05, 3.63) is 25.9 Å². The van der Waals surface area contributed by atoms with Crippen molar-refractivity contribution < 1.29 is 0 Å². The van der Waals surface area contributed by atoms with E-state index < -0.39 is 0 Å². The highest BCUT2D eigenvalue weighted by Gasteiger charge is 2.08. The quantitative estimate of drug-likeness (QED) is 0.701. The van der Waals surface area contributed by atoms with Crippen molar-refractivity contribution in [2.24, 2.45) is 0 Å². The molecular formula is C9H7BrClNS. The summed E-state index contributed by atoms with van der Waals surface area (Å²) in [5, 5.41) is 9.19. The lowest BCUT2D eigenvalue weighted by Gasteiger charge is -1.93. The number of thiophene rings is 1. The SMILES string of the molecule is CC(C#N)=C(Cl)c1cc(C)c(Br)s1. The van der Waals surface area contributed by atoms with Crippen molar-refractivity contribution in [1.82, 2.24) is 0 Å². The lowest BCUT2D eigenvalue weighted by Crippen LogP contribution is -1.74. The fraction of sp³-hybridized carbons (Fsp3) is 0.222. The van der Waals surface area contributed by atoms with Crippen LogP contribution in [0.1, 0.15) is 17.4 Å². The summed E-state index contributed by atoms with van der Waals surface area (Å²) in [6, 6.07) is 4.00. The van der Waals surface area contributed by atoms with E-state index in [9.17, 15) is 0 Å². The van der Waals surface area contributed by atoms with Gasteiger partial charge in [0.05, 0.1) is 14.9 Å². The van der Waals surface area contributed by atoms with Crippen LogP contribution in [0.3, 0.4) is 0 Å². The molecule has 0 spiro atoms. The highest BCUT2D eigenvalue weighted by atomic mass is 79.9. The second kappa shape index (κ2) is 4.28. The molecule has 0 fully saturated rings. The number of aryl methyl sites for hydroxylation is 1. The third-order valence-corrected chi connectivity index (χ3v) is 4.32. The zero-order chi connectivity index (χ0) is 10.0. The van der Waals surface area contributed by atoms with Crippen molar-refractivity contribution in [2.45, 2.75) is 13.8 Å². The second-order valence-corrected chi connectivity index (χ2v) is 5.37. The third kappa shape index (κ3) is 2.34. The predicted molar refractivity (Wildman–Crippen MR) is 60.8 cm³/mol. The van der Waals surface area contributed by atoms with Crippen molar-refractivity contribution >= 4 is 43.9 Å². The van der Waals surface area contributed by atoms with Crippen LogP contribution >= 0.6 is 38.9 Å². The zero-order valence-corrected chi connectivity index (χ0v) is 10.3. The first-order valence-corrected chi connectivity index (χ1v) is 5.57. The molecule has 0 N–H and O–H groups in total. The molecule has 0 aliphatic carbocycles. The molecule has 0 aromatic carbocycles. The number of nitrogens with zero attached hydrogens (tertiary/aromatic N) is 1. The molecule has 0 aliphatic heterocycles. The van der Waals surface area contributed by atoms with Gasteiger partial charge in [0.1, 0.15) is 0 Å². The van der Waals surface area contributed by atoms with Gasteiger partial charge in [0.2, 0.25) is 0 Å². The van der Waals surface area contributed by atoms with Gasteiger partial charge in [0.15, 0.2) is 0 Å². The van der Waals surface area contributed by atoms with Gasteiger partial charge in [-0.1, -0.05) is 11.6 Å². The molecule has 0 amide bonds. The van der Waals surface area contributed by atoms with Gasteiger partial charge in [-0.05, 0) is 41.4 Å². The minimum absolute atomic E-state index is 0.543. The standard InChI is InChI=1S/C9H7BrClNS/c1-5-3-7(13-9(5)10)8(11)6(2)4-12/h3H,1-2H3. The molecule has 1 heterocycles. The fourth-order valence-corrected chi connectivity index (χ4v) is 2.54. The van der Waals surface area contributed by atoms with Gasteiger partial charge in [0.25, 0.3) is 0 Å². The number of hydrogen-bond donors (Lipinski definition) is 0. The first-order chi connectivity index (χ1) is 6.06. The second-order valence-electron chi connectivity index (χ2n) is 2.62. The zero-order valence-electron chi connectivity index (χ0n) is 7.19. The van der Waals surface area contributed by atoms with E-state index >= 15 is 0 Å². The van der Waals surface area contributed by atoms with E-state index in [0.717, 1.165) is 14.2 Å². The first-order valence-electron chi connectivity index (χ1n) is 3.59. The van der Waals surface area contributed by atoms with Gasteiger partial charge in [-0.2, -0.15) is 5.26 Å². The van der Waals surface area contributed by atoms with E-state index in [1.165, 1.54) is 0 Å². The Morgan fingerprint density at radius 1 is 1.69 bits per heavy atom. The van der Waals surface area contributed by atoms with Crippen LogP contribution in [-0.4, -0.2) is 0 Å². The molecule has 0 unspecified atom stereocenters. The third-order valence-electron chi connectivity index (χ3n) is 1.57. The smallest absolute Gasteiger partial charge is 0.0960 e. The van der Waals surface area contributed by atoms with Crippen molar-refractivity contribution in [2.75, 3.05) is 0 Å².